The Morgan fingerprint density at radius 3 is 1.41 bits per heavy atom. The van der Waals surface area contributed by atoms with Crippen molar-refractivity contribution in [3.63, 3.8) is 0 Å². The van der Waals surface area contributed by atoms with Crippen LogP contribution in [0.2, 0.25) is 0 Å². The van der Waals surface area contributed by atoms with Gasteiger partial charge in [-0.1, -0.05) is 60.7 Å². The van der Waals surface area contributed by atoms with Gasteiger partial charge < -0.3 is 9.47 Å². The van der Waals surface area contributed by atoms with Gasteiger partial charge in [-0.15, -0.1) is 0 Å². The molecule has 202 valence electrons. The molecule has 0 spiro atoms. The van der Waals surface area contributed by atoms with Crippen molar-refractivity contribution in [3.05, 3.63) is 96.1 Å². The molecule has 0 radical (unpaired) electrons. The first kappa shape index (κ1) is 24.9. The van der Waals surface area contributed by atoms with E-state index in [-0.39, 0.29) is 11.9 Å². The number of hydrogen-bond acceptors (Lipinski definition) is 4. The van der Waals surface area contributed by atoms with E-state index >= 15 is 0 Å². The summed E-state index contributed by atoms with van der Waals surface area (Å²) in [5.41, 5.74) is 1.27. The van der Waals surface area contributed by atoms with Gasteiger partial charge in [-0.2, -0.15) is 0 Å². The molecule has 0 aliphatic heterocycles. The molecule has 4 nitrogen and oxygen atoms in total. The van der Waals surface area contributed by atoms with E-state index in [0.29, 0.717) is 83.5 Å². The molecule has 4 bridgehead atoms. The number of carbonyl (C=O) groups excluding carboxylic acids is 2. The molecular weight excluding hydrogens is 484 g/mol. The third-order valence-corrected chi connectivity index (χ3v) is 10.8. The Hall–Kier alpha value is -3.14. The van der Waals surface area contributed by atoms with Crippen LogP contribution in [0, 0.1) is 59.2 Å². The van der Waals surface area contributed by atoms with Crippen molar-refractivity contribution < 1.29 is 19.1 Å². The predicted molar refractivity (Wildman–Crippen MR) is 150 cm³/mol. The Labute approximate surface area is 231 Å². The number of fused-ring (bicyclic) bond motifs is 4. The van der Waals surface area contributed by atoms with Crippen LogP contribution in [0.3, 0.4) is 0 Å². The minimum Gasteiger partial charge on any atom is -0.462 e. The molecule has 39 heavy (non-hydrogen) atoms. The van der Waals surface area contributed by atoms with Crippen LogP contribution in [0.25, 0.3) is 0 Å². The van der Waals surface area contributed by atoms with Crippen molar-refractivity contribution in [3.8, 4) is 0 Å². The molecule has 2 aromatic carbocycles. The zero-order chi connectivity index (χ0) is 26.3. The Bertz CT molecular complexity index is 1150. The van der Waals surface area contributed by atoms with Crippen LogP contribution in [-0.2, 0) is 9.47 Å². The maximum absolute atomic E-state index is 12.7. The lowest BCUT2D eigenvalue weighted by atomic mass is 9.71. The van der Waals surface area contributed by atoms with Crippen molar-refractivity contribution in [2.24, 2.45) is 59.2 Å². The number of benzene rings is 2. The lowest BCUT2D eigenvalue weighted by molar-refractivity contribution is 0.0309. The largest absolute Gasteiger partial charge is 0.462 e. The summed E-state index contributed by atoms with van der Waals surface area (Å²) in [6.45, 7) is 1.06. The fraction of sp³-hybridized carbons (Fsp3) is 0.486. The van der Waals surface area contributed by atoms with Crippen LogP contribution in [0.5, 0.6) is 0 Å². The Morgan fingerprint density at radius 2 is 0.974 bits per heavy atom. The summed E-state index contributed by atoms with van der Waals surface area (Å²) in [6.07, 6.45) is 15.9. The van der Waals surface area contributed by atoms with Crippen LogP contribution in [0.1, 0.15) is 52.8 Å². The van der Waals surface area contributed by atoms with Gasteiger partial charge in [0.25, 0.3) is 0 Å². The predicted octanol–water partition coefficient (Wildman–Crippen LogP) is 6.99. The summed E-state index contributed by atoms with van der Waals surface area (Å²) < 4.78 is 11.8. The van der Waals surface area contributed by atoms with E-state index in [2.05, 4.69) is 24.3 Å². The van der Waals surface area contributed by atoms with Gasteiger partial charge in [-0.25, -0.2) is 9.59 Å². The fourth-order valence-electron chi connectivity index (χ4n) is 9.20. The molecule has 0 heterocycles. The Balaban J connectivity index is 1.00. The van der Waals surface area contributed by atoms with E-state index in [0.717, 1.165) is 0 Å². The van der Waals surface area contributed by atoms with Gasteiger partial charge in [-0.05, 0) is 104 Å². The van der Waals surface area contributed by atoms with Gasteiger partial charge in [0.05, 0.1) is 24.3 Å². The molecule has 3 saturated carbocycles. The van der Waals surface area contributed by atoms with E-state index in [9.17, 15) is 9.59 Å². The van der Waals surface area contributed by atoms with Gasteiger partial charge in [-0.3, -0.25) is 0 Å². The lowest BCUT2D eigenvalue weighted by Gasteiger charge is -2.35. The SMILES string of the molecule is O=C(OC[C@@H]1[C@@H](C2CCC([C@H]3[C@H](COC(=O)c4ccccc4)[C@@H]4C=C[C@H]3C4)C2)[C@@H]2C=C[C@H]1C2)c1ccccc1. The minimum absolute atomic E-state index is 0.202. The highest BCUT2D eigenvalue weighted by atomic mass is 16.5. The first-order chi connectivity index (χ1) is 19.2. The quantitative estimate of drug-likeness (QED) is 0.277. The molecule has 5 aliphatic rings. The standard InChI is InChI=1S/C35H38O4/c36-34(22-7-3-1-4-8-22)38-20-30-24-11-13-26(17-24)32(30)28-15-16-29(19-28)33-27-14-12-25(18-27)31(33)21-39-35(37)23-9-5-2-6-10-23/h1-14,24-33H,15-21H2/t24-,25+,26+,27-,28?,29?,30-,31+,32+,33-. The summed E-state index contributed by atoms with van der Waals surface area (Å²) in [7, 11) is 0. The number of allylic oxidation sites excluding steroid dienone is 4. The second-order valence-corrected chi connectivity index (χ2v) is 12.6. The van der Waals surface area contributed by atoms with Gasteiger partial charge in [0.1, 0.15) is 0 Å². The van der Waals surface area contributed by atoms with Crippen molar-refractivity contribution in [2.75, 3.05) is 13.2 Å². The fourth-order valence-corrected chi connectivity index (χ4v) is 9.20. The number of hydrogen-bond donors (Lipinski definition) is 0. The summed E-state index contributed by atoms with van der Waals surface area (Å²) in [4.78, 5) is 25.4. The topological polar surface area (TPSA) is 52.6 Å². The Morgan fingerprint density at radius 1 is 0.564 bits per heavy atom. The van der Waals surface area contributed by atoms with Crippen molar-refractivity contribution in [1.82, 2.24) is 0 Å². The van der Waals surface area contributed by atoms with Crippen LogP contribution in [0.15, 0.2) is 85.0 Å². The second-order valence-electron chi connectivity index (χ2n) is 12.6. The molecule has 10 atom stereocenters. The molecule has 3 fully saturated rings. The van der Waals surface area contributed by atoms with E-state index in [1.807, 2.05) is 60.7 Å². The molecule has 0 N–H and O–H groups in total. The van der Waals surface area contributed by atoms with E-state index < -0.39 is 0 Å². The van der Waals surface area contributed by atoms with Crippen molar-refractivity contribution >= 4 is 11.9 Å². The van der Waals surface area contributed by atoms with Gasteiger partial charge in [0, 0.05) is 11.8 Å². The zero-order valence-corrected chi connectivity index (χ0v) is 22.4. The maximum Gasteiger partial charge on any atom is 0.338 e. The second kappa shape index (κ2) is 10.4. The normalized spacial score (nSPS) is 37.4. The number of ether oxygens (including phenoxy) is 2. The molecule has 2 unspecified atom stereocenters. The molecule has 5 aliphatic carbocycles. The van der Waals surface area contributed by atoms with Gasteiger partial charge in [0.15, 0.2) is 0 Å². The first-order valence-electron chi connectivity index (χ1n) is 15.0. The highest BCUT2D eigenvalue weighted by Crippen LogP contribution is 2.59. The van der Waals surface area contributed by atoms with E-state index in [1.54, 1.807) is 0 Å². The summed E-state index contributed by atoms with van der Waals surface area (Å²) in [5, 5.41) is 0. The number of rotatable bonds is 8. The molecular formula is C35H38O4. The van der Waals surface area contributed by atoms with E-state index in [1.165, 1.54) is 32.1 Å². The van der Waals surface area contributed by atoms with Crippen LogP contribution in [0.4, 0.5) is 0 Å². The summed E-state index contributed by atoms with van der Waals surface area (Å²) in [6, 6.07) is 18.7. The highest BCUT2D eigenvalue weighted by molar-refractivity contribution is 5.89. The zero-order valence-electron chi connectivity index (χ0n) is 22.4. The average Bonchev–Trinajstić information content (AvgIpc) is 3.82. The van der Waals surface area contributed by atoms with Crippen molar-refractivity contribution in [2.45, 2.75) is 32.1 Å². The highest BCUT2D eigenvalue weighted by Gasteiger charge is 2.53. The first-order valence-corrected chi connectivity index (χ1v) is 15.0. The number of esters is 2. The van der Waals surface area contributed by atoms with Crippen LogP contribution < -0.4 is 0 Å². The van der Waals surface area contributed by atoms with Gasteiger partial charge >= 0.3 is 11.9 Å². The van der Waals surface area contributed by atoms with Crippen LogP contribution in [-0.4, -0.2) is 25.2 Å². The smallest absolute Gasteiger partial charge is 0.338 e. The molecule has 2 aromatic rings. The lowest BCUT2D eigenvalue weighted by Crippen LogP contribution is -2.32. The Kier molecular flexibility index (Phi) is 6.66. The monoisotopic (exact) mass is 522 g/mol. The third-order valence-electron chi connectivity index (χ3n) is 10.8. The summed E-state index contributed by atoms with van der Waals surface area (Å²) in [5.74, 6) is 5.38. The molecule has 0 saturated heterocycles. The minimum atomic E-state index is -0.202. The maximum atomic E-state index is 12.7. The van der Waals surface area contributed by atoms with Crippen LogP contribution >= 0.6 is 0 Å². The van der Waals surface area contributed by atoms with Gasteiger partial charge in [0.2, 0.25) is 0 Å². The summed E-state index contributed by atoms with van der Waals surface area (Å²) >= 11 is 0. The molecule has 0 aromatic heterocycles. The third kappa shape index (κ3) is 4.66. The van der Waals surface area contributed by atoms with Crippen molar-refractivity contribution in [1.29, 1.82) is 0 Å². The van der Waals surface area contributed by atoms with E-state index in [4.69, 9.17) is 9.47 Å². The number of carbonyl (C=O) groups is 2. The molecule has 0 amide bonds. The molecule has 4 heteroatoms. The average molecular weight is 523 g/mol. The molecule has 7 rings (SSSR count).